The number of aldehydes is 1. The smallest absolute Gasteiger partial charge is 0.305 e. The number of carboxylic acids is 1. The molecule has 0 radical (unpaired) electrons. The number of carboxylic acid groups (broad SMARTS) is 1. The Labute approximate surface area is 190 Å². The summed E-state index contributed by atoms with van der Waals surface area (Å²) < 4.78 is 0. The summed E-state index contributed by atoms with van der Waals surface area (Å²) >= 11 is 1.48. The maximum Gasteiger partial charge on any atom is 0.305 e. The van der Waals surface area contributed by atoms with E-state index in [1.54, 1.807) is 0 Å². The van der Waals surface area contributed by atoms with Crippen LogP contribution < -0.4 is 10.6 Å². The molecule has 0 spiro atoms. The zero-order chi connectivity index (χ0) is 23.1. The SMILES string of the molecule is O=CC(CC(=O)O)NC(=O)C1CSC2CCCC(NC(=O)CCc3ccccc3)C(=O)N21. The van der Waals surface area contributed by atoms with Gasteiger partial charge in [0.25, 0.3) is 0 Å². The summed E-state index contributed by atoms with van der Waals surface area (Å²) in [5.41, 5.74) is 1.04. The van der Waals surface area contributed by atoms with Crippen LogP contribution in [-0.4, -0.2) is 69.2 Å². The van der Waals surface area contributed by atoms with Crippen molar-refractivity contribution in [3.8, 4) is 0 Å². The predicted molar refractivity (Wildman–Crippen MR) is 118 cm³/mol. The molecule has 3 rings (SSSR count). The van der Waals surface area contributed by atoms with Crippen LogP contribution in [-0.2, 0) is 30.4 Å². The first kappa shape index (κ1) is 23.8. The average molecular weight is 462 g/mol. The fourth-order valence-corrected chi connectivity index (χ4v) is 5.45. The summed E-state index contributed by atoms with van der Waals surface area (Å²) in [6, 6.07) is 6.93. The molecule has 1 aromatic carbocycles. The fraction of sp³-hybridized carbons (Fsp3) is 0.500. The number of nitrogens with zero attached hydrogens (tertiary/aromatic N) is 1. The summed E-state index contributed by atoms with van der Waals surface area (Å²) in [6.07, 6.45) is 2.60. The first-order valence-corrected chi connectivity index (χ1v) is 11.7. The van der Waals surface area contributed by atoms with Crippen LogP contribution in [0.5, 0.6) is 0 Å². The molecule has 0 aromatic heterocycles. The molecular formula is C22H27N3O6S. The van der Waals surface area contributed by atoms with Gasteiger partial charge >= 0.3 is 5.97 Å². The molecule has 0 bridgehead atoms. The number of fused-ring (bicyclic) bond motifs is 1. The molecule has 0 saturated carbocycles. The van der Waals surface area contributed by atoms with Gasteiger partial charge in [0.05, 0.1) is 17.8 Å². The number of carbonyl (C=O) groups excluding carboxylic acids is 4. The van der Waals surface area contributed by atoms with E-state index >= 15 is 0 Å². The summed E-state index contributed by atoms with van der Waals surface area (Å²) in [6.45, 7) is 0. The van der Waals surface area contributed by atoms with Gasteiger partial charge in [-0.2, -0.15) is 0 Å². The highest BCUT2D eigenvalue weighted by atomic mass is 32.2. The van der Waals surface area contributed by atoms with Gasteiger partial charge in [-0.3, -0.25) is 19.2 Å². The Hall–Kier alpha value is -2.88. The van der Waals surface area contributed by atoms with Crippen LogP contribution in [0.3, 0.4) is 0 Å². The highest BCUT2D eigenvalue weighted by Gasteiger charge is 2.45. The van der Waals surface area contributed by atoms with Gasteiger partial charge < -0.3 is 25.4 Å². The molecule has 2 aliphatic heterocycles. The third-order valence-electron chi connectivity index (χ3n) is 5.60. The maximum absolute atomic E-state index is 13.2. The molecule has 172 valence electrons. The predicted octanol–water partition coefficient (Wildman–Crippen LogP) is 0.716. The standard InChI is InChI=1S/C22H27N3O6S/c26-12-15(11-20(28)29)23-21(30)17-13-32-19-8-4-7-16(22(31)25(17)19)24-18(27)10-9-14-5-2-1-3-6-14/h1-3,5-6,12,15-17,19H,4,7-11,13H2,(H,23,30)(H,24,27)(H,28,29). The monoisotopic (exact) mass is 461 g/mol. The van der Waals surface area contributed by atoms with Crippen molar-refractivity contribution in [3.05, 3.63) is 35.9 Å². The number of carbonyl (C=O) groups is 5. The molecular weight excluding hydrogens is 434 g/mol. The maximum atomic E-state index is 13.2. The van der Waals surface area contributed by atoms with Gasteiger partial charge in [0.2, 0.25) is 17.7 Å². The zero-order valence-electron chi connectivity index (χ0n) is 17.6. The van der Waals surface area contributed by atoms with Gasteiger partial charge in [-0.05, 0) is 31.2 Å². The molecule has 2 saturated heterocycles. The molecule has 0 aliphatic carbocycles. The summed E-state index contributed by atoms with van der Waals surface area (Å²) in [7, 11) is 0. The highest BCUT2D eigenvalue weighted by Crippen LogP contribution is 2.35. The van der Waals surface area contributed by atoms with Gasteiger partial charge in [0, 0.05) is 12.2 Å². The molecule has 32 heavy (non-hydrogen) atoms. The van der Waals surface area contributed by atoms with E-state index in [1.807, 2.05) is 30.3 Å². The Balaban J connectivity index is 1.62. The fourth-order valence-electron chi connectivity index (χ4n) is 3.99. The van der Waals surface area contributed by atoms with Crippen LogP contribution >= 0.6 is 11.8 Å². The summed E-state index contributed by atoms with van der Waals surface area (Å²) in [5, 5.41) is 13.9. The van der Waals surface area contributed by atoms with E-state index in [-0.39, 0.29) is 23.6 Å². The number of aryl methyl sites for hydroxylation is 1. The number of nitrogens with one attached hydrogen (secondary N) is 2. The van der Waals surface area contributed by atoms with Crippen LogP contribution in [0.15, 0.2) is 30.3 Å². The van der Waals surface area contributed by atoms with E-state index < -0.39 is 36.4 Å². The van der Waals surface area contributed by atoms with Crippen molar-refractivity contribution in [2.24, 2.45) is 0 Å². The van der Waals surface area contributed by atoms with E-state index in [2.05, 4.69) is 10.6 Å². The van der Waals surface area contributed by atoms with Crippen molar-refractivity contribution in [2.75, 3.05) is 5.75 Å². The minimum atomic E-state index is -1.20. The van der Waals surface area contributed by atoms with Gasteiger partial charge in [0.1, 0.15) is 18.4 Å². The van der Waals surface area contributed by atoms with Crippen LogP contribution in [0.25, 0.3) is 0 Å². The topological polar surface area (TPSA) is 133 Å². The first-order valence-electron chi connectivity index (χ1n) is 10.6. The first-order chi connectivity index (χ1) is 15.4. The number of hydrogen-bond acceptors (Lipinski definition) is 6. The number of hydrogen-bond donors (Lipinski definition) is 3. The average Bonchev–Trinajstić information content (AvgIpc) is 3.14. The molecule has 1 aromatic rings. The van der Waals surface area contributed by atoms with E-state index in [0.717, 1.165) is 12.0 Å². The van der Waals surface area contributed by atoms with Crippen molar-refractivity contribution in [1.29, 1.82) is 0 Å². The lowest BCUT2D eigenvalue weighted by Crippen LogP contribution is -2.56. The van der Waals surface area contributed by atoms with Gasteiger partial charge in [0.15, 0.2) is 0 Å². The van der Waals surface area contributed by atoms with E-state index in [1.165, 1.54) is 16.7 Å². The molecule has 3 N–H and O–H groups in total. The minimum absolute atomic E-state index is 0.182. The molecule has 9 nitrogen and oxygen atoms in total. The second kappa shape index (κ2) is 11.1. The highest BCUT2D eigenvalue weighted by molar-refractivity contribution is 8.00. The number of aliphatic carboxylic acids is 1. The molecule has 2 heterocycles. The van der Waals surface area contributed by atoms with Crippen molar-refractivity contribution in [3.63, 3.8) is 0 Å². The number of rotatable bonds is 9. The largest absolute Gasteiger partial charge is 0.481 e. The van der Waals surface area contributed by atoms with Crippen molar-refractivity contribution in [2.45, 2.75) is 62.0 Å². The normalized spacial score (nSPS) is 23.6. The lowest BCUT2D eigenvalue weighted by atomic mass is 10.1. The van der Waals surface area contributed by atoms with E-state index in [4.69, 9.17) is 5.11 Å². The van der Waals surface area contributed by atoms with Crippen LogP contribution in [0.1, 0.15) is 37.7 Å². The minimum Gasteiger partial charge on any atom is -0.481 e. The van der Waals surface area contributed by atoms with Crippen LogP contribution in [0.2, 0.25) is 0 Å². The molecule has 2 aliphatic rings. The molecule has 3 amide bonds. The van der Waals surface area contributed by atoms with Crippen molar-refractivity contribution >= 4 is 41.7 Å². The molecule has 4 atom stereocenters. The second-order valence-electron chi connectivity index (χ2n) is 7.93. The molecule has 4 unspecified atom stereocenters. The Kier molecular flexibility index (Phi) is 8.26. The van der Waals surface area contributed by atoms with Crippen molar-refractivity contribution < 1.29 is 29.1 Å². The Morgan fingerprint density at radius 2 is 1.97 bits per heavy atom. The Bertz CT molecular complexity index is 864. The van der Waals surface area contributed by atoms with E-state index in [9.17, 15) is 24.0 Å². The van der Waals surface area contributed by atoms with Gasteiger partial charge in [-0.25, -0.2) is 0 Å². The van der Waals surface area contributed by atoms with Crippen LogP contribution in [0.4, 0.5) is 0 Å². The number of benzene rings is 1. The second-order valence-corrected chi connectivity index (χ2v) is 9.15. The zero-order valence-corrected chi connectivity index (χ0v) is 18.4. The Morgan fingerprint density at radius 1 is 1.22 bits per heavy atom. The number of amides is 3. The summed E-state index contributed by atoms with van der Waals surface area (Å²) in [4.78, 5) is 61.9. The molecule has 2 fully saturated rings. The van der Waals surface area contributed by atoms with E-state index in [0.29, 0.717) is 31.3 Å². The Morgan fingerprint density at radius 3 is 2.66 bits per heavy atom. The van der Waals surface area contributed by atoms with Gasteiger partial charge in [-0.15, -0.1) is 11.8 Å². The van der Waals surface area contributed by atoms with Gasteiger partial charge in [-0.1, -0.05) is 30.3 Å². The quantitative estimate of drug-likeness (QED) is 0.462. The van der Waals surface area contributed by atoms with Crippen molar-refractivity contribution in [1.82, 2.24) is 15.5 Å². The molecule has 10 heteroatoms. The number of thioether (sulfide) groups is 1. The lowest BCUT2D eigenvalue weighted by molar-refractivity contribution is -0.143. The third kappa shape index (κ3) is 6.09. The third-order valence-corrected chi connectivity index (χ3v) is 6.95. The lowest BCUT2D eigenvalue weighted by Gasteiger charge is -2.30. The van der Waals surface area contributed by atoms with Crippen LogP contribution in [0, 0.1) is 0 Å². The summed E-state index contributed by atoms with van der Waals surface area (Å²) in [5.74, 6) is -1.93.